The average molecular weight is 721 g/mol. The van der Waals surface area contributed by atoms with Crippen LogP contribution in [0.25, 0.3) is 16.9 Å². The van der Waals surface area contributed by atoms with Gasteiger partial charge in [0.2, 0.25) is 0 Å². The lowest BCUT2D eigenvalue weighted by Gasteiger charge is -2.28. The van der Waals surface area contributed by atoms with E-state index in [1.807, 2.05) is 6.07 Å². The van der Waals surface area contributed by atoms with E-state index in [0.29, 0.717) is 39.7 Å². The lowest BCUT2D eigenvalue weighted by Crippen LogP contribution is -2.39. The van der Waals surface area contributed by atoms with Crippen molar-refractivity contribution < 1.29 is 37.0 Å². The number of halogens is 3. The Kier molecular flexibility index (Phi) is 9.95. The van der Waals surface area contributed by atoms with Gasteiger partial charge < -0.3 is 14.8 Å². The molecule has 1 aromatic carbocycles. The van der Waals surface area contributed by atoms with Crippen LogP contribution in [0.4, 0.5) is 34.3 Å². The third-order valence-electron chi connectivity index (χ3n) is 8.87. The van der Waals surface area contributed by atoms with Crippen LogP contribution in [-0.4, -0.2) is 66.4 Å². The molecule has 14 heteroatoms. The lowest BCUT2D eigenvalue weighted by atomic mass is 9.95. The molecule has 0 atom stereocenters. The SMILES string of the molecule is CC(C)(C)OC(=O)N(Cc1nc(Nc2ccc(-c3cnc4cc(F)ccn34)c3c2C(=O)N(C(=O)OC(C)(C)C)C3)ccc1C1CCCC1)CC(F)F. The monoisotopic (exact) mass is 720 g/mol. The molecular weight excluding hydrogens is 677 g/mol. The molecule has 6 rings (SSSR count). The van der Waals surface area contributed by atoms with Crippen molar-refractivity contribution in [2.24, 2.45) is 0 Å². The summed E-state index contributed by atoms with van der Waals surface area (Å²) in [5.41, 5.74) is 2.17. The van der Waals surface area contributed by atoms with Crippen LogP contribution >= 0.6 is 0 Å². The molecule has 52 heavy (non-hydrogen) atoms. The zero-order chi connectivity index (χ0) is 37.5. The van der Waals surface area contributed by atoms with Crippen molar-refractivity contribution in [2.75, 3.05) is 11.9 Å². The second-order valence-corrected chi connectivity index (χ2v) is 15.2. The van der Waals surface area contributed by atoms with Crippen LogP contribution in [0.1, 0.15) is 100 Å². The van der Waals surface area contributed by atoms with E-state index in [1.165, 1.54) is 12.1 Å². The third-order valence-corrected chi connectivity index (χ3v) is 8.87. The van der Waals surface area contributed by atoms with Gasteiger partial charge in [-0.25, -0.2) is 37.6 Å². The molecule has 1 aliphatic carbocycles. The minimum atomic E-state index is -2.80. The molecule has 1 N–H and O–H groups in total. The Labute approximate surface area is 300 Å². The van der Waals surface area contributed by atoms with E-state index < -0.39 is 48.1 Å². The third kappa shape index (κ3) is 8.00. The Balaban J connectivity index is 1.41. The van der Waals surface area contributed by atoms with Crippen LogP contribution in [-0.2, 0) is 22.6 Å². The van der Waals surface area contributed by atoms with Crippen molar-refractivity contribution in [3.63, 3.8) is 0 Å². The molecule has 276 valence electrons. The molecular formula is C38H43F3N6O5. The fraction of sp³-hybridized carbons (Fsp3) is 0.447. The van der Waals surface area contributed by atoms with Gasteiger partial charge in [0.05, 0.1) is 48.5 Å². The number of hydrogen-bond acceptors (Lipinski definition) is 8. The first-order valence-electron chi connectivity index (χ1n) is 17.3. The molecule has 1 saturated carbocycles. The van der Waals surface area contributed by atoms with Gasteiger partial charge >= 0.3 is 12.2 Å². The standard InChI is InChI=1S/C38H43F3N6O5/c1-37(2,3)51-35(49)45(21-30(40)41)20-28-24(22-9-7-8-10-22)12-14-31(44-28)43-27-13-11-25(29-18-42-32-17-23(39)15-16-46(29)32)26-19-47(34(48)33(26)27)36(50)52-38(4,5)6/h11-18,22,30H,7-10,19-21H2,1-6H3,(H,43,44). The van der Waals surface area contributed by atoms with Gasteiger partial charge in [-0.05, 0) is 89.6 Å². The summed E-state index contributed by atoms with van der Waals surface area (Å²) in [7, 11) is 0. The van der Waals surface area contributed by atoms with Gasteiger partial charge in [0.1, 0.15) is 28.5 Å². The Morgan fingerprint density at radius 2 is 1.73 bits per heavy atom. The molecule has 0 saturated heterocycles. The van der Waals surface area contributed by atoms with Gasteiger partial charge in [0.25, 0.3) is 12.3 Å². The summed E-state index contributed by atoms with van der Waals surface area (Å²) in [4.78, 5) is 51.6. The molecule has 4 heterocycles. The fourth-order valence-electron chi connectivity index (χ4n) is 6.72. The number of nitrogens with one attached hydrogen (secondary N) is 1. The zero-order valence-corrected chi connectivity index (χ0v) is 30.1. The summed E-state index contributed by atoms with van der Waals surface area (Å²) in [6.07, 6.45) is 2.49. The minimum absolute atomic E-state index is 0.0971. The Morgan fingerprint density at radius 3 is 2.40 bits per heavy atom. The molecule has 3 amide bonds. The molecule has 0 unspecified atom stereocenters. The topological polar surface area (TPSA) is 118 Å². The van der Waals surface area contributed by atoms with Gasteiger partial charge in [-0.1, -0.05) is 25.0 Å². The van der Waals surface area contributed by atoms with E-state index in [-0.39, 0.29) is 24.6 Å². The molecule has 0 radical (unpaired) electrons. The molecule has 3 aromatic heterocycles. The number of imide groups is 1. The first-order chi connectivity index (χ1) is 24.5. The molecule has 0 spiro atoms. The van der Waals surface area contributed by atoms with Crippen molar-refractivity contribution in [2.45, 2.75) is 104 Å². The minimum Gasteiger partial charge on any atom is -0.444 e. The summed E-state index contributed by atoms with van der Waals surface area (Å²) < 4.78 is 54.2. The number of anilines is 2. The number of amides is 3. The zero-order valence-electron chi connectivity index (χ0n) is 30.1. The Bertz CT molecular complexity index is 2010. The smallest absolute Gasteiger partial charge is 0.417 e. The maximum Gasteiger partial charge on any atom is 0.417 e. The van der Waals surface area contributed by atoms with Crippen molar-refractivity contribution in [1.82, 2.24) is 24.2 Å². The average Bonchev–Trinajstić information content (AvgIpc) is 3.79. The summed E-state index contributed by atoms with van der Waals surface area (Å²) in [5, 5.41) is 3.23. The highest BCUT2D eigenvalue weighted by Crippen LogP contribution is 2.40. The summed E-state index contributed by atoms with van der Waals surface area (Å²) in [5.74, 6) is -0.587. The van der Waals surface area contributed by atoms with Gasteiger partial charge in [-0.15, -0.1) is 0 Å². The molecule has 2 aliphatic rings. The van der Waals surface area contributed by atoms with Crippen LogP contribution < -0.4 is 5.32 Å². The molecule has 11 nitrogen and oxygen atoms in total. The van der Waals surface area contributed by atoms with E-state index in [2.05, 4.69) is 10.3 Å². The van der Waals surface area contributed by atoms with Crippen LogP contribution in [0, 0.1) is 5.82 Å². The highest BCUT2D eigenvalue weighted by molar-refractivity contribution is 6.11. The van der Waals surface area contributed by atoms with Gasteiger partial charge in [0.15, 0.2) is 0 Å². The van der Waals surface area contributed by atoms with Crippen LogP contribution in [0.2, 0.25) is 0 Å². The molecule has 4 aromatic rings. The molecule has 0 bridgehead atoms. The number of carbonyl (C=O) groups excluding carboxylic acids is 3. The predicted octanol–water partition coefficient (Wildman–Crippen LogP) is 8.83. The second-order valence-electron chi connectivity index (χ2n) is 15.2. The summed E-state index contributed by atoms with van der Waals surface area (Å²) >= 11 is 0. The van der Waals surface area contributed by atoms with Crippen molar-refractivity contribution in [3.8, 4) is 11.3 Å². The number of ether oxygens (including phenoxy) is 2. The molecule has 1 aliphatic heterocycles. The number of alkyl halides is 2. The largest absolute Gasteiger partial charge is 0.444 e. The number of fused-ring (bicyclic) bond motifs is 2. The number of carbonyl (C=O) groups is 3. The van der Waals surface area contributed by atoms with Crippen molar-refractivity contribution >= 4 is 35.2 Å². The number of hydrogen-bond donors (Lipinski definition) is 1. The van der Waals surface area contributed by atoms with Crippen LogP contribution in [0.3, 0.4) is 0 Å². The number of rotatable bonds is 8. The lowest BCUT2D eigenvalue weighted by molar-refractivity contribution is 0.00777. The normalized spacial score (nSPS) is 15.0. The Morgan fingerprint density at radius 1 is 1.02 bits per heavy atom. The van der Waals surface area contributed by atoms with Crippen molar-refractivity contribution in [1.29, 1.82) is 0 Å². The number of nitrogens with zero attached hydrogens (tertiary/aromatic N) is 5. The number of pyridine rings is 2. The maximum atomic E-state index is 14.1. The van der Waals surface area contributed by atoms with E-state index in [0.717, 1.165) is 41.0 Å². The Hall–Kier alpha value is -5.14. The number of benzene rings is 1. The second kappa shape index (κ2) is 14.1. The highest BCUT2D eigenvalue weighted by atomic mass is 19.3. The van der Waals surface area contributed by atoms with Crippen LogP contribution in [0.15, 0.2) is 48.8 Å². The first kappa shape index (κ1) is 36.6. The number of aromatic nitrogens is 3. The highest BCUT2D eigenvalue weighted by Gasteiger charge is 2.39. The van der Waals surface area contributed by atoms with Gasteiger partial charge in [0, 0.05) is 17.8 Å². The van der Waals surface area contributed by atoms with Crippen LogP contribution in [0.5, 0.6) is 0 Å². The first-order valence-corrected chi connectivity index (χ1v) is 17.3. The number of imidazole rings is 1. The summed E-state index contributed by atoms with van der Waals surface area (Å²) in [6.45, 7) is 8.98. The maximum absolute atomic E-state index is 14.1. The van der Waals surface area contributed by atoms with Gasteiger partial charge in [-0.3, -0.25) is 14.1 Å². The van der Waals surface area contributed by atoms with Crippen molar-refractivity contribution in [3.05, 3.63) is 77.0 Å². The quantitative estimate of drug-likeness (QED) is 0.192. The fourth-order valence-corrected chi connectivity index (χ4v) is 6.72. The van der Waals surface area contributed by atoms with E-state index in [1.54, 1.807) is 76.5 Å². The molecule has 1 fully saturated rings. The van der Waals surface area contributed by atoms with E-state index in [9.17, 15) is 27.6 Å². The van der Waals surface area contributed by atoms with E-state index >= 15 is 0 Å². The predicted molar refractivity (Wildman–Crippen MR) is 188 cm³/mol. The summed E-state index contributed by atoms with van der Waals surface area (Å²) in [6, 6.07) is 9.70. The van der Waals surface area contributed by atoms with E-state index in [4.69, 9.17) is 14.5 Å². The van der Waals surface area contributed by atoms with Gasteiger partial charge in [-0.2, -0.15) is 0 Å².